The number of aromatic nitrogens is 1. The highest BCUT2D eigenvalue weighted by atomic mass is 35.5. The van der Waals surface area contributed by atoms with Gasteiger partial charge in [0.05, 0.1) is 11.4 Å². The van der Waals surface area contributed by atoms with Gasteiger partial charge in [-0.05, 0) is 67.4 Å². The molecule has 1 amide bonds. The molecule has 0 bridgehead atoms. The van der Waals surface area contributed by atoms with E-state index in [-0.39, 0.29) is 5.91 Å². The molecule has 0 unspecified atom stereocenters. The lowest BCUT2D eigenvalue weighted by molar-refractivity contribution is 0.0955. The quantitative estimate of drug-likeness (QED) is 0.484. The highest BCUT2D eigenvalue weighted by molar-refractivity contribution is 6.31. The van der Waals surface area contributed by atoms with Gasteiger partial charge in [-0.2, -0.15) is 5.10 Å². The monoisotopic (exact) mass is 393 g/mol. The van der Waals surface area contributed by atoms with Gasteiger partial charge in [-0.1, -0.05) is 29.8 Å². The molecule has 0 atom stereocenters. The maximum Gasteiger partial charge on any atom is 0.271 e. The van der Waals surface area contributed by atoms with Crippen LogP contribution in [0.3, 0.4) is 0 Å². The third-order valence-corrected chi connectivity index (χ3v) is 4.54. The third-order valence-electron chi connectivity index (χ3n) is 4.11. The lowest BCUT2D eigenvalue weighted by Gasteiger charge is -2.08. The molecule has 1 N–H and O–H groups in total. The molecule has 28 heavy (non-hydrogen) atoms. The van der Waals surface area contributed by atoms with Crippen molar-refractivity contribution in [3.8, 4) is 5.75 Å². The van der Waals surface area contributed by atoms with E-state index in [1.54, 1.807) is 25.3 Å². The first-order chi connectivity index (χ1) is 13.5. The number of ether oxygens (including phenoxy) is 1. The van der Waals surface area contributed by atoms with Crippen LogP contribution in [-0.2, 0) is 6.61 Å². The molecule has 1 aromatic heterocycles. The molecule has 0 aliphatic rings. The summed E-state index contributed by atoms with van der Waals surface area (Å²) >= 11 is 6.02. The molecule has 1 heterocycles. The average Bonchev–Trinajstić information content (AvgIpc) is 2.73. The van der Waals surface area contributed by atoms with Gasteiger partial charge in [0.1, 0.15) is 12.4 Å². The van der Waals surface area contributed by atoms with Gasteiger partial charge in [0.25, 0.3) is 5.91 Å². The summed E-state index contributed by atoms with van der Waals surface area (Å²) in [4.78, 5) is 16.5. The second kappa shape index (κ2) is 9.15. The van der Waals surface area contributed by atoms with Gasteiger partial charge < -0.3 is 4.74 Å². The Hall–Kier alpha value is -3.18. The van der Waals surface area contributed by atoms with Crippen LogP contribution in [0.25, 0.3) is 0 Å². The molecule has 2 aromatic carbocycles. The summed E-state index contributed by atoms with van der Waals surface area (Å²) in [5.74, 6) is 0.471. The highest BCUT2D eigenvalue weighted by Gasteiger charge is 2.06. The number of rotatable bonds is 6. The molecule has 142 valence electrons. The van der Waals surface area contributed by atoms with Crippen LogP contribution in [0, 0.1) is 6.92 Å². The number of aryl methyl sites for hydroxylation is 1. The van der Waals surface area contributed by atoms with Crippen LogP contribution < -0.4 is 10.2 Å². The van der Waals surface area contributed by atoms with Gasteiger partial charge >= 0.3 is 0 Å². The number of hydrogen-bond acceptors (Lipinski definition) is 4. The smallest absolute Gasteiger partial charge is 0.271 e. The van der Waals surface area contributed by atoms with Gasteiger partial charge in [-0.25, -0.2) is 5.43 Å². The van der Waals surface area contributed by atoms with Crippen LogP contribution >= 0.6 is 11.6 Å². The molecule has 0 aliphatic heterocycles. The maximum absolute atomic E-state index is 12.3. The number of halogens is 1. The van der Waals surface area contributed by atoms with Crippen LogP contribution in [0.5, 0.6) is 5.75 Å². The molecule has 0 saturated carbocycles. The van der Waals surface area contributed by atoms with E-state index in [0.717, 1.165) is 16.9 Å². The maximum atomic E-state index is 12.3. The molecule has 0 radical (unpaired) electrons. The van der Waals surface area contributed by atoms with E-state index in [1.807, 2.05) is 55.5 Å². The van der Waals surface area contributed by atoms with Crippen LogP contribution in [-0.4, -0.2) is 16.6 Å². The van der Waals surface area contributed by atoms with E-state index in [1.165, 1.54) is 0 Å². The molecule has 0 fully saturated rings. The molecule has 6 heteroatoms. The van der Waals surface area contributed by atoms with Crippen molar-refractivity contribution in [1.29, 1.82) is 0 Å². The summed E-state index contributed by atoms with van der Waals surface area (Å²) in [6.45, 7) is 4.13. The van der Waals surface area contributed by atoms with Gasteiger partial charge in [-0.15, -0.1) is 0 Å². The minimum atomic E-state index is -0.281. The number of carbonyl (C=O) groups is 1. The molecule has 5 nitrogen and oxygen atoms in total. The van der Waals surface area contributed by atoms with Crippen molar-refractivity contribution in [2.75, 3.05) is 0 Å². The van der Waals surface area contributed by atoms with E-state index in [4.69, 9.17) is 16.3 Å². The molecular weight excluding hydrogens is 374 g/mol. The molecule has 3 aromatic rings. The third kappa shape index (κ3) is 5.18. The Morgan fingerprint density at radius 2 is 1.93 bits per heavy atom. The zero-order valence-corrected chi connectivity index (χ0v) is 16.4. The second-order valence-corrected chi connectivity index (χ2v) is 6.66. The predicted molar refractivity (Wildman–Crippen MR) is 111 cm³/mol. The van der Waals surface area contributed by atoms with Crippen molar-refractivity contribution in [3.05, 3.63) is 94.3 Å². The Morgan fingerprint density at radius 1 is 1.14 bits per heavy atom. The fourth-order valence-corrected chi connectivity index (χ4v) is 2.58. The Bertz CT molecular complexity index is 986. The van der Waals surface area contributed by atoms with E-state index < -0.39 is 0 Å². The molecule has 0 aliphatic carbocycles. The number of hydrazone groups is 1. The fraction of sp³-hybridized carbons (Fsp3) is 0.136. The summed E-state index contributed by atoms with van der Waals surface area (Å²) < 4.78 is 5.77. The minimum Gasteiger partial charge on any atom is -0.489 e. The average molecular weight is 394 g/mol. The van der Waals surface area contributed by atoms with Crippen molar-refractivity contribution in [3.63, 3.8) is 0 Å². The Balaban J connectivity index is 1.57. The van der Waals surface area contributed by atoms with Crippen LogP contribution in [0.2, 0.25) is 5.02 Å². The summed E-state index contributed by atoms with van der Waals surface area (Å²) in [5.41, 5.74) is 6.34. The number of amides is 1. The minimum absolute atomic E-state index is 0.281. The van der Waals surface area contributed by atoms with Gasteiger partial charge in [0, 0.05) is 16.8 Å². The number of hydrogen-bond donors (Lipinski definition) is 1. The normalized spacial score (nSPS) is 11.2. The Morgan fingerprint density at radius 3 is 2.61 bits per heavy atom. The van der Waals surface area contributed by atoms with E-state index >= 15 is 0 Å². The first kappa shape index (κ1) is 19.6. The summed E-state index contributed by atoms with van der Waals surface area (Å²) in [6, 6.07) is 18.3. The van der Waals surface area contributed by atoms with Crippen molar-refractivity contribution >= 4 is 23.2 Å². The van der Waals surface area contributed by atoms with Crippen molar-refractivity contribution < 1.29 is 9.53 Å². The second-order valence-electron chi connectivity index (χ2n) is 6.25. The SMILES string of the molecule is C/C(=N/NC(=O)c1ccc(COc2ccc(Cl)c(C)c2)cc1)c1ccccn1. The number of benzene rings is 2. The topological polar surface area (TPSA) is 63.6 Å². The van der Waals surface area contributed by atoms with Gasteiger partial charge in [-0.3, -0.25) is 9.78 Å². The van der Waals surface area contributed by atoms with Crippen molar-refractivity contribution in [2.45, 2.75) is 20.5 Å². The van der Waals surface area contributed by atoms with Crippen molar-refractivity contribution in [2.24, 2.45) is 5.10 Å². The van der Waals surface area contributed by atoms with Gasteiger partial charge in [0.2, 0.25) is 0 Å². The summed E-state index contributed by atoms with van der Waals surface area (Å²) in [6.07, 6.45) is 1.68. The highest BCUT2D eigenvalue weighted by Crippen LogP contribution is 2.21. The number of nitrogens with zero attached hydrogens (tertiary/aromatic N) is 2. The zero-order chi connectivity index (χ0) is 19.9. The largest absolute Gasteiger partial charge is 0.489 e. The summed E-state index contributed by atoms with van der Waals surface area (Å²) in [7, 11) is 0. The number of nitrogens with one attached hydrogen (secondary N) is 1. The van der Waals surface area contributed by atoms with Crippen LogP contribution in [0.1, 0.15) is 34.1 Å². The number of pyridine rings is 1. The standard InChI is InChI=1S/C22H20ClN3O2/c1-15-13-19(10-11-20(15)23)28-14-17-6-8-18(9-7-17)22(27)26-25-16(2)21-5-3-4-12-24-21/h3-13H,14H2,1-2H3,(H,26,27)/b25-16-. The zero-order valence-electron chi connectivity index (χ0n) is 15.6. The molecule has 3 rings (SSSR count). The first-order valence-corrected chi connectivity index (χ1v) is 9.14. The van der Waals surface area contributed by atoms with Crippen LogP contribution in [0.15, 0.2) is 72.0 Å². The fourth-order valence-electron chi connectivity index (χ4n) is 2.46. The molecular formula is C22H20ClN3O2. The number of carbonyl (C=O) groups excluding carboxylic acids is 1. The summed E-state index contributed by atoms with van der Waals surface area (Å²) in [5, 5.41) is 4.82. The lowest BCUT2D eigenvalue weighted by Crippen LogP contribution is -2.19. The Kier molecular flexibility index (Phi) is 6.40. The van der Waals surface area contributed by atoms with Crippen LogP contribution in [0.4, 0.5) is 0 Å². The first-order valence-electron chi connectivity index (χ1n) is 8.77. The van der Waals surface area contributed by atoms with Gasteiger partial charge in [0.15, 0.2) is 0 Å². The predicted octanol–water partition coefficient (Wildman–Crippen LogP) is 4.78. The molecule has 0 spiro atoms. The van der Waals surface area contributed by atoms with E-state index in [9.17, 15) is 4.79 Å². The van der Waals surface area contributed by atoms with E-state index in [2.05, 4.69) is 15.5 Å². The Labute approximate surface area is 169 Å². The van der Waals surface area contributed by atoms with E-state index in [0.29, 0.717) is 28.6 Å². The van der Waals surface area contributed by atoms with Crippen molar-refractivity contribution in [1.82, 2.24) is 10.4 Å². The lowest BCUT2D eigenvalue weighted by atomic mass is 10.1. The molecule has 0 saturated heterocycles.